The molecule has 1 nitrogen and oxygen atoms in total. The van der Waals surface area contributed by atoms with Crippen LogP contribution in [0, 0.1) is 11.8 Å². The summed E-state index contributed by atoms with van der Waals surface area (Å²) >= 11 is 5.96. The smallest absolute Gasteiger partial charge is 0.0408 e. The number of hydrogen-bond donors (Lipinski definition) is 1. The molecule has 0 fully saturated rings. The van der Waals surface area contributed by atoms with E-state index in [0.29, 0.717) is 11.8 Å². The van der Waals surface area contributed by atoms with Crippen LogP contribution >= 0.6 is 11.6 Å². The number of halogens is 1. The van der Waals surface area contributed by atoms with Gasteiger partial charge >= 0.3 is 0 Å². The van der Waals surface area contributed by atoms with Gasteiger partial charge in [0.05, 0.1) is 0 Å². The lowest BCUT2D eigenvalue weighted by Gasteiger charge is -2.24. The largest absolute Gasteiger partial charge is 0.328 e. The fourth-order valence-electron chi connectivity index (χ4n) is 1.96. The number of benzene rings is 1. The van der Waals surface area contributed by atoms with Gasteiger partial charge in [0.2, 0.25) is 0 Å². The summed E-state index contributed by atoms with van der Waals surface area (Å²) < 4.78 is 0. The first-order valence-electron chi connectivity index (χ1n) is 5.50. The zero-order valence-corrected chi connectivity index (χ0v) is 10.5. The average Bonchev–Trinajstić information content (AvgIpc) is 2.13. The van der Waals surface area contributed by atoms with Crippen molar-refractivity contribution in [2.45, 2.75) is 33.2 Å². The maximum atomic E-state index is 5.99. The van der Waals surface area contributed by atoms with Gasteiger partial charge in [0.15, 0.2) is 0 Å². The Morgan fingerprint density at radius 1 is 1.27 bits per heavy atom. The fourth-order valence-corrected chi connectivity index (χ4v) is 2.18. The lowest BCUT2D eigenvalue weighted by atomic mass is 9.84. The molecule has 2 N–H and O–H groups in total. The topological polar surface area (TPSA) is 26.0 Å². The first kappa shape index (κ1) is 12.5. The van der Waals surface area contributed by atoms with Gasteiger partial charge in [-0.1, -0.05) is 37.6 Å². The average molecular weight is 226 g/mol. The third-order valence-corrected chi connectivity index (χ3v) is 3.13. The monoisotopic (exact) mass is 225 g/mol. The van der Waals surface area contributed by atoms with E-state index in [1.165, 1.54) is 5.56 Å². The number of hydrogen-bond acceptors (Lipinski definition) is 1. The Bertz CT molecular complexity index is 299. The molecule has 2 heteroatoms. The van der Waals surface area contributed by atoms with Crippen LogP contribution in [0.2, 0.25) is 5.02 Å². The lowest BCUT2D eigenvalue weighted by Crippen LogP contribution is -2.32. The van der Waals surface area contributed by atoms with Crippen LogP contribution in [-0.4, -0.2) is 6.04 Å². The molecule has 1 aromatic rings. The second kappa shape index (κ2) is 5.53. The highest BCUT2D eigenvalue weighted by molar-refractivity contribution is 6.30. The fraction of sp³-hybridized carbons (Fsp3) is 0.538. The van der Waals surface area contributed by atoms with E-state index >= 15 is 0 Å². The van der Waals surface area contributed by atoms with Crippen LogP contribution in [0.25, 0.3) is 0 Å². The van der Waals surface area contributed by atoms with Crippen LogP contribution in [0.3, 0.4) is 0 Å². The van der Waals surface area contributed by atoms with Crippen LogP contribution < -0.4 is 5.73 Å². The molecule has 0 amide bonds. The van der Waals surface area contributed by atoms with Crippen molar-refractivity contribution >= 4 is 11.6 Å². The molecule has 2 atom stereocenters. The maximum absolute atomic E-state index is 5.99. The summed E-state index contributed by atoms with van der Waals surface area (Å²) in [5.74, 6) is 1.12. The SMILES string of the molecule is CC(C)C(Cc1cccc(Cl)c1)C(C)N. The van der Waals surface area contributed by atoms with Crippen molar-refractivity contribution < 1.29 is 0 Å². The second-order valence-electron chi connectivity index (χ2n) is 4.60. The molecule has 0 aliphatic rings. The van der Waals surface area contributed by atoms with Gasteiger partial charge in [-0.3, -0.25) is 0 Å². The normalized spacial score (nSPS) is 15.3. The molecule has 1 rings (SSSR count). The molecular weight excluding hydrogens is 206 g/mol. The molecule has 0 radical (unpaired) electrons. The van der Waals surface area contributed by atoms with E-state index in [9.17, 15) is 0 Å². The number of nitrogens with two attached hydrogens (primary N) is 1. The highest BCUT2D eigenvalue weighted by Gasteiger charge is 2.18. The predicted molar refractivity (Wildman–Crippen MR) is 67.1 cm³/mol. The molecule has 0 spiro atoms. The van der Waals surface area contributed by atoms with Gasteiger partial charge in [0, 0.05) is 11.1 Å². The first-order valence-corrected chi connectivity index (χ1v) is 5.88. The van der Waals surface area contributed by atoms with Gasteiger partial charge in [-0.25, -0.2) is 0 Å². The molecule has 0 aromatic heterocycles. The van der Waals surface area contributed by atoms with Crippen molar-refractivity contribution in [3.8, 4) is 0 Å². The van der Waals surface area contributed by atoms with Crippen molar-refractivity contribution in [3.63, 3.8) is 0 Å². The Morgan fingerprint density at radius 3 is 2.40 bits per heavy atom. The minimum Gasteiger partial charge on any atom is -0.328 e. The van der Waals surface area contributed by atoms with Gasteiger partial charge in [-0.05, 0) is 42.9 Å². The molecule has 0 aliphatic heterocycles. The van der Waals surface area contributed by atoms with E-state index < -0.39 is 0 Å². The Hall–Kier alpha value is -0.530. The highest BCUT2D eigenvalue weighted by Crippen LogP contribution is 2.21. The Kier molecular flexibility index (Phi) is 4.62. The van der Waals surface area contributed by atoms with Crippen LogP contribution in [0.1, 0.15) is 26.3 Å². The molecule has 0 aliphatic carbocycles. The second-order valence-corrected chi connectivity index (χ2v) is 5.04. The zero-order chi connectivity index (χ0) is 11.4. The molecule has 15 heavy (non-hydrogen) atoms. The van der Waals surface area contributed by atoms with Gasteiger partial charge in [-0.15, -0.1) is 0 Å². The molecule has 0 bridgehead atoms. The van der Waals surface area contributed by atoms with E-state index in [2.05, 4.69) is 26.8 Å². The molecule has 1 aromatic carbocycles. The molecular formula is C13H20ClN. The minimum absolute atomic E-state index is 0.226. The van der Waals surface area contributed by atoms with Gasteiger partial charge in [-0.2, -0.15) is 0 Å². The summed E-state index contributed by atoms with van der Waals surface area (Å²) in [6.45, 7) is 6.52. The summed E-state index contributed by atoms with van der Waals surface area (Å²) in [6, 6.07) is 8.27. The van der Waals surface area contributed by atoms with Crippen molar-refractivity contribution in [2.24, 2.45) is 17.6 Å². The van der Waals surface area contributed by atoms with Crippen LogP contribution in [0.5, 0.6) is 0 Å². The standard InChI is InChI=1S/C13H20ClN/c1-9(2)13(10(3)15)8-11-5-4-6-12(14)7-11/h4-7,9-10,13H,8,15H2,1-3H3. The summed E-state index contributed by atoms with van der Waals surface area (Å²) in [4.78, 5) is 0. The summed E-state index contributed by atoms with van der Waals surface area (Å²) in [6.07, 6.45) is 1.01. The lowest BCUT2D eigenvalue weighted by molar-refractivity contribution is 0.330. The highest BCUT2D eigenvalue weighted by atomic mass is 35.5. The van der Waals surface area contributed by atoms with Gasteiger partial charge in [0.1, 0.15) is 0 Å². The van der Waals surface area contributed by atoms with E-state index in [-0.39, 0.29) is 6.04 Å². The van der Waals surface area contributed by atoms with Crippen molar-refractivity contribution in [1.82, 2.24) is 0 Å². The molecule has 84 valence electrons. The Morgan fingerprint density at radius 2 is 1.93 bits per heavy atom. The molecule has 0 heterocycles. The van der Waals surface area contributed by atoms with Crippen LogP contribution in [0.4, 0.5) is 0 Å². The van der Waals surface area contributed by atoms with E-state index in [1.54, 1.807) is 0 Å². The van der Waals surface area contributed by atoms with E-state index in [4.69, 9.17) is 17.3 Å². The molecule has 0 saturated carbocycles. The summed E-state index contributed by atoms with van der Waals surface area (Å²) in [5, 5.41) is 0.805. The van der Waals surface area contributed by atoms with Crippen molar-refractivity contribution in [3.05, 3.63) is 34.9 Å². The third kappa shape index (κ3) is 3.84. The minimum atomic E-state index is 0.226. The maximum Gasteiger partial charge on any atom is 0.0408 e. The predicted octanol–water partition coefficient (Wildman–Crippen LogP) is 3.50. The van der Waals surface area contributed by atoms with Crippen LogP contribution in [-0.2, 0) is 6.42 Å². The van der Waals surface area contributed by atoms with Crippen LogP contribution in [0.15, 0.2) is 24.3 Å². The first-order chi connectivity index (χ1) is 7.00. The summed E-state index contributed by atoms with van der Waals surface area (Å²) in [7, 11) is 0. The Labute approximate surface area is 97.6 Å². The van der Waals surface area contributed by atoms with Crippen molar-refractivity contribution in [2.75, 3.05) is 0 Å². The number of rotatable bonds is 4. The zero-order valence-electron chi connectivity index (χ0n) is 9.70. The quantitative estimate of drug-likeness (QED) is 0.834. The van der Waals surface area contributed by atoms with Crippen molar-refractivity contribution in [1.29, 1.82) is 0 Å². The third-order valence-electron chi connectivity index (χ3n) is 2.89. The van der Waals surface area contributed by atoms with E-state index in [0.717, 1.165) is 11.4 Å². The Balaban J connectivity index is 2.74. The van der Waals surface area contributed by atoms with Gasteiger partial charge < -0.3 is 5.73 Å². The molecule has 0 saturated heterocycles. The summed E-state index contributed by atoms with van der Waals surface area (Å²) in [5.41, 5.74) is 7.27. The van der Waals surface area contributed by atoms with E-state index in [1.807, 2.05) is 18.2 Å². The van der Waals surface area contributed by atoms with Gasteiger partial charge in [0.25, 0.3) is 0 Å². The molecule has 2 unspecified atom stereocenters.